The van der Waals surface area contributed by atoms with Crippen molar-refractivity contribution in [1.82, 2.24) is 4.98 Å². The lowest BCUT2D eigenvalue weighted by Crippen LogP contribution is -2.10. The normalized spacial score (nSPS) is 16.0. The first-order valence-corrected chi connectivity index (χ1v) is 6.08. The number of aromatic nitrogens is 1. The molecule has 94 valence electrons. The van der Waals surface area contributed by atoms with Crippen LogP contribution in [-0.2, 0) is 11.8 Å². The highest BCUT2D eigenvalue weighted by Crippen LogP contribution is 2.34. The molecule has 0 spiro atoms. The fourth-order valence-electron chi connectivity index (χ4n) is 1.50. The molecule has 0 aliphatic heterocycles. The number of rotatable bonds is 5. The van der Waals surface area contributed by atoms with Crippen LogP contribution in [0.15, 0.2) is 12.1 Å². The molecule has 1 fully saturated rings. The lowest BCUT2D eigenvalue weighted by molar-refractivity contribution is 0.0888. The maximum atomic E-state index is 12.9. The van der Waals surface area contributed by atoms with Crippen LogP contribution in [0.3, 0.4) is 0 Å². The number of ether oxygens (including phenoxy) is 1. The first-order chi connectivity index (χ1) is 8.00. The summed E-state index contributed by atoms with van der Waals surface area (Å²) in [6.45, 7) is 2.48. The van der Waals surface area contributed by atoms with E-state index in [0.717, 1.165) is 18.4 Å². The van der Waals surface area contributed by atoms with E-state index in [1.807, 2.05) is 6.92 Å². The molecule has 2 rings (SSSR count). The number of nitrogens with zero attached hydrogens (tertiary/aromatic N) is 1. The molecule has 0 amide bonds. The monoisotopic (exact) mass is 261 g/mol. The van der Waals surface area contributed by atoms with E-state index in [-0.39, 0.29) is 5.88 Å². The molecule has 5 heteroatoms. The van der Waals surface area contributed by atoms with Gasteiger partial charge in [-0.2, -0.15) is 8.78 Å². The second kappa shape index (κ2) is 4.77. The van der Waals surface area contributed by atoms with E-state index in [2.05, 4.69) is 4.98 Å². The molecule has 1 aromatic heterocycles. The minimum Gasteiger partial charge on any atom is -0.477 e. The molecule has 0 saturated heterocycles. The second-order valence-corrected chi connectivity index (χ2v) is 4.74. The van der Waals surface area contributed by atoms with E-state index in [0.29, 0.717) is 18.9 Å². The van der Waals surface area contributed by atoms with E-state index in [9.17, 15) is 8.78 Å². The topological polar surface area (TPSA) is 22.1 Å². The largest absolute Gasteiger partial charge is 0.477 e. The number of hydrogen-bond donors (Lipinski definition) is 0. The Morgan fingerprint density at radius 2 is 2.18 bits per heavy atom. The Morgan fingerprint density at radius 1 is 1.47 bits per heavy atom. The average Bonchev–Trinajstić information content (AvgIpc) is 3.08. The van der Waals surface area contributed by atoms with Gasteiger partial charge in [0.25, 0.3) is 0 Å². The van der Waals surface area contributed by atoms with Gasteiger partial charge in [-0.05, 0) is 42.8 Å². The minimum absolute atomic E-state index is 0.289. The zero-order valence-electron chi connectivity index (χ0n) is 9.55. The van der Waals surface area contributed by atoms with E-state index in [4.69, 9.17) is 16.3 Å². The van der Waals surface area contributed by atoms with E-state index in [1.54, 1.807) is 6.07 Å². The van der Waals surface area contributed by atoms with Crippen molar-refractivity contribution >= 4 is 11.6 Å². The van der Waals surface area contributed by atoms with Crippen molar-refractivity contribution in [2.24, 2.45) is 5.92 Å². The third-order valence-corrected chi connectivity index (χ3v) is 2.96. The summed E-state index contributed by atoms with van der Waals surface area (Å²) in [4.78, 5) is 3.81. The molecule has 1 aromatic rings. The number of aryl methyl sites for hydroxylation is 1. The first kappa shape index (κ1) is 12.6. The highest BCUT2D eigenvalue weighted by atomic mass is 35.5. The van der Waals surface area contributed by atoms with Crippen LogP contribution >= 0.6 is 11.6 Å². The maximum absolute atomic E-state index is 12.9. The number of pyridine rings is 1. The zero-order valence-corrected chi connectivity index (χ0v) is 10.3. The van der Waals surface area contributed by atoms with Crippen LogP contribution in [0.4, 0.5) is 8.78 Å². The Balaban J connectivity index is 2.18. The molecular formula is C12H14ClF2NO. The van der Waals surface area contributed by atoms with Gasteiger partial charge in [0.15, 0.2) is 0 Å². The zero-order chi connectivity index (χ0) is 12.5. The Hall–Kier alpha value is -0.900. The molecule has 17 heavy (non-hydrogen) atoms. The van der Waals surface area contributed by atoms with Gasteiger partial charge in [0, 0.05) is 5.56 Å². The first-order valence-electron chi connectivity index (χ1n) is 5.70. The van der Waals surface area contributed by atoms with Gasteiger partial charge in [-0.15, -0.1) is 0 Å². The Bertz CT molecular complexity index is 402. The molecule has 1 heterocycles. The summed E-state index contributed by atoms with van der Waals surface area (Å²) in [5, 5.41) is -3.44. The molecule has 1 aliphatic carbocycles. The smallest absolute Gasteiger partial charge is 0.364 e. The van der Waals surface area contributed by atoms with E-state index >= 15 is 0 Å². The molecule has 0 aromatic carbocycles. The minimum atomic E-state index is -3.44. The third kappa shape index (κ3) is 3.28. The van der Waals surface area contributed by atoms with Crippen molar-refractivity contribution in [3.63, 3.8) is 0 Å². The summed E-state index contributed by atoms with van der Waals surface area (Å²) in [6, 6.07) is 2.84. The van der Waals surface area contributed by atoms with Crippen LogP contribution in [0.5, 0.6) is 5.88 Å². The van der Waals surface area contributed by atoms with Gasteiger partial charge in [-0.25, -0.2) is 4.98 Å². The number of halogens is 3. The highest BCUT2D eigenvalue weighted by Gasteiger charge is 2.31. The summed E-state index contributed by atoms with van der Waals surface area (Å²) >= 11 is 4.95. The van der Waals surface area contributed by atoms with Gasteiger partial charge in [0.1, 0.15) is 5.69 Å². The number of hydrogen-bond acceptors (Lipinski definition) is 2. The van der Waals surface area contributed by atoms with Gasteiger partial charge in [-0.1, -0.05) is 13.0 Å². The van der Waals surface area contributed by atoms with E-state index in [1.165, 1.54) is 6.07 Å². The van der Waals surface area contributed by atoms with Crippen molar-refractivity contribution in [2.75, 3.05) is 6.61 Å². The Morgan fingerprint density at radius 3 is 2.71 bits per heavy atom. The molecular weight excluding hydrogens is 248 g/mol. The molecule has 0 unspecified atom stereocenters. The lowest BCUT2D eigenvalue weighted by Gasteiger charge is -2.13. The Kier molecular flexibility index (Phi) is 3.52. The third-order valence-electron chi connectivity index (χ3n) is 2.76. The van der Waals surface area contributed by atoms with Crippen LogP contribution in [0.25, 0.3) is 0 Å². The average molecular weight is 262 g/mol. The van der Waals surface area contributed by atoms with Crippen LogP contribution in [-0.4, -0.2) is 11.6 Å². The molecule has 0 radical (unpaired) electrons. The lowest BCUT2D eigenvalue weighted by atomic mass is 10.2. The summed E-state index contributed by atoms with van der Waals surface area (Å²) in [6.07, 6.45) is 2.99. The summed E-state index contributed by atoms with van der Waals surface area (Å²) in [5.41, 5.74) is 0.373. The van der Waals surface area contributed by atoms with Crippen LogP contribution in [0.1, 0.15) is 31.0 Å². The van der Waals surface area contributed by atoms with Crippen molar-refractivity contribution in [3.05, 3.63) is 23.4 Å². The van der Waals surface area contributed by atoms with Gasteiger partial charge in [0.2, 0.25) is 5.88 Å². The van der Waals surface area contributed by atoms with Gasteiger partial charge >= 0.3 is 5.38 Å². The molecule has 1 saturated carbocycles. The standard InChI is InChI=1S/C12H14ClF2NO/c1-2-9-5-6-10(12(13,14)15)16-11(9)17-7-8-3-4-8/h5-6,8H,2-4,7H2,1H3. The summed E-state index contributed by atoms with van der Waals surface area (Å²) in [5.74, 6) is 0.846. The van der Waals surface area contributed by atoms with Crippen molar-refractivity contribution in [2.45, 2.75) is 31.6 Å². The van der Waals surface area contributed by atoms with E-state index < -0.39 is 11.1 Å². The van der Waals surface area contributed by atoms with Crippen molar-refractivity contribution in [3.8, 4) is 5.88 Å². The fraction of sp³-hybridized carbons (Fsp3) is 0.583. The van der Waals surface area contributed by atoms with Crippen molar-refractivity contribution < 1.29 is 13.5 Å². The summed E-state index contributed by atoms with van der Waals surface area (Å²) < 4.78 is 31.3. The van der Waals surface area contributed by atoms with Gasteiger partial charge < -0.3 is 4.74 Å². The highest BCUT2D eigenvalue weighted by molar-refractivity contribution is 6.21. The SMILES string of the molecule is CCc1ccc(C(F)(F)Cl)nc1OCC1CC1. The fourth-order valence-corrected chi connectivity index (χ4v) is 1.61. The molecule has 0 bridgehead atoms. The number of alkyl halides is 3. The molecule has 0 N–H and O–H groups in total. The second-order valence-electron chi connectivity index (χ2n) is 4.27. The summed E-state index contributed by atoms with van der Waals surface area (Å²) in [7, 11) is 0. The quantitative estimate of drug-likeness (QED) is 0.754. The predicted molar refractivity (Wildman–Crippen MR) is 61.6 cm³/mol. The van der Waals surface area contributed by atoms with Crippen LogP contribution < -0.4 is 4.74 Å². The van der Waals surface area contributed by atoms with Gasteiger partial charge in [0.05, 0.1) is 6.61 Å². The molecule has 1 aliphatic rings. The predicted octanol–water partition coefficient (Wildman–Crippen LogP) is 3.72. The Labute approximate surface area is 104 Å². The van der Waals surface area contributed by atoms with Crippen LogP contribution in [0.2, 0.25) is 0 Å². The van der Waals surface area contributed by atoms with Crippen LogP contribution in [0, 0.1) is 5.92 Å². The molecule has 2 nitrogen and oxygen atoms in total. The van der Waals surface area contributed by atoms with Gasteiger partial charge in [-0.3, -0.25) is 0 Å². The van der Waals surface area contributed by atoms with Crippen molar-refractivity contribution in [1.29, 1.82) is 0 Å². The maximum Gasteiger partial charge on any atom is 0.364 e. The molecule has 0 atom stereocenters.